The highest BCUT2D eigenvalue weighted by Crippen LogP contribution is 2.16. The van der Waals surface area contributed by atoms with E-state index in [1.54, 1.807) is 0 Å². The Hall–Kier alpha value is -1.59. The summed E-state index contributed by atoms with van der Waals surface area (Å²) in [4.78, 5) is 11.8. The van der Waals surface area contributed by atoms with Gasteiger partial charge in [-0.2, -0.15) is 0 Å². The number of hydrogen-bond donors (Lipinski definition) is 3. The van der Waals surface area contributed by atoms with Crippen LogP contribution in [0.4, 0.5) is 0 Å². The molecule has 0 spiro atoms. The van der Waals surface area contributed by atoms with Crippen LogP contribution in [0.15, 0.2) is 24.3 Å². The van der Waals surface area contributed by atoms with Crippen LogP contribution in [0.5, 0.6) is 5.75 Å². The van der Waals surface area contributed by atoms with Crippen molar-refractivity contribution in [3.63, 3.8) is 0 Å². The van der Waals surface area contributed by atoms with Crippen LogP contribution in [0.1, 0.15) is 18.4 Å². The van der Waals surface area contributed by atoms with Crippen molar-refractivity contribution >= 4 is 5.91 Å². The zero-order chi connectivity index (χ0) is 14.4. The molecule has 110 valence electrons. The Morgan fingerprint density at radius 1 is 1.50 bits per heavy atom. The maximum atomic E-state index is 11.8. The summed E-state index contributed by atoms with van der Waals surface area (Å²) < 4.78 is 5.65. The van der Waals surface area contributed by atoms with Crippen LogP contribution < -0.4 is 15.4 Å². The molecule has 0 aliphatic carbocycles. The molecule has 2 atom stereocenters. The minimum Gasteiger partial charge on any atom is -0.493 e. The van der Waals surface area contributed by atoms with Gasteiger partial charge in [-0.05, 0) is 31.4 Å². The van der Waals surface area contributed by atoms with Crippen molar-refractivity contribution in [3.05, 3.63) is 29.8 Å². The van der Waals surface area contributed by atoms with Crippen molar-refractivity contribution in [2.24, 2.45) is 0 Å². The monoisotopic (exact) mass is 278 g/mol. The summed E-state index contributed by atoms with van der Waals surface area (Å²) in [6, 6.07) is 7.61. The number of ether oxygens (including phenoxy) is 1. The number of aryl methyl sites for hydroxylation is 1. The highest BCUT2D eigenvalue weighted by molar-refractivity contribution is 5.82. The molecule has 1 aromatic carbocycles. The van der Waals surface area contributed by atoms with Gasteiger partial charge in [0.05, 0.1) is 18.8 Å². The molecule has 1 amide bonds. The second kappa shape index (κ2) is 7.26. The number of nitrogens with one attached hydrogen (secondary N) is 2. The third kappa shape index (κ3) is 4.21. The Balaban J connectivity index is 1.60. The molecule has 0 radical (unpaired) electrons. The number of aliphatic hydroxyl groups is 1. The number of carbonyl (C=O) groups is 1. The van der Waals surface area contributed by atoms with Gasteiger partial charge in [0.25, 0.3) is 0 Å². The van der Waals surface area contributed by atoms with E-state index in [-0.39, 0.29) is 11.9 Å². The Kier molecular flexibility index (Phi) is 5.38. The molecule has 1 aliphatic heterocycles. The van der Waals surface area contributed by atoms with E-state index in [0.29, 0.717) is 26.1 Å². The quantitative estimate of drug-likeness (QED) is 0.667. The molecule has 3 N–H and O–H groups in total. The maximum absolute atomic E-state index is 11.8. The summed E-state index contributed by atoms with van der Waals surface area (Å²) >= 11 is 0. The second-order valence-corrected chi connectivity index (χ2v) is 5.11. The van der Waals surface area contributed by atoms with E-state index in [4.69, 9.17) is 4.74 Å². The summed E-state index contributed by atoms with van der Waals surface area (Å²) in [5.41, 5.74) is 1.11. The van der Waals surface area contributed by atoms with Crippen molar-refractivity contribution in [1.29, 1.82) is 0 Å². The molecule has 1 saturated heterocycles. The third-order valence-corrected chi connectivity index (χ3v) is 3.40. The van der Waals surface area contributed by atoms with Gasteiger partial charge in [0, 0.05) is 13.1 Å². The standard InChI is InChI=1S/C15H22N2O3/c1-11-5-2-3-6-14(11)20-8-4-7-16-15(19)13-9-12(18)10-17-13/h2-3,5-6,12-13,17-18H,4,7-10H2,1H3,(H,16,19). The average Bonchev–Trinajstić information content (AvgIpc) is 2.87. The van der Waals surface area contributed by atoms with Crippen LogP contribution in [0, 0.1) is 6.92 Å². The zero-order valence-corrected chi connectivity index (χ0v) is 11.8. The predicted molar refractivity (Wildman–Crippen MR) is 76.7 cm³/mol. The van der Waals surface area contributed by atoms with Crippen molar-refractivity contribution in [2.75, 3.05) is 19.7 Å². The lowest BCUT2D eigenvalue weighted by Crippen LogP contribution is -2.40. The van der Waals surface area contributed by atoms with E-state index in [1.807, 2.05) is 31.2 Å². The van der Waals surface area contributed by atoms with E-state index in [9.17, 15) is 9.90 Å². The topological polar surface area (TPSA) is 70.6 Å². The Morgan fingerprint density at radius 2 is 2.30 bits per heavy atom. The summed E-state index contributed by atoms with van der Waals surface area (Å²) in [5, 5.41) is 15.2. The Labute approximate surface area is 119 Å². The fourth-order valence-electron chi connectivity index (χ4n) is 2.22. The van der Waals surface area contributed by atoms with Crippen LogP contribution >= 0.6 is 0 Å². The molecule has 2 rings (SSSR count). The second-order valence-electron chi connectivity index (χ2n) is 5.11. The molecular weight excluding hydrogens is 256 g/mol. The van der Waals surface area contributed by atoms with Gasteiger partial charge in [-0.25, -0.2) is 0 Å². The fraction of sp³-hybridized carbons (Fsp3) is 0.533. The van der Waals surface area contributed by atoms with Crippen LogP contribution in [0.3, 0.4) is 0 Å². The van der Waals surface area contributed by atoms with Crippen molar-refractivity contribution < 1.29 is 14.6 Å². The van der Waals surface area contributed by atoms with Crippen molar-refractivity contribution in [3.8, 4) is 5.75 Å². The smallest absolute Gasteiger partial charge is 0.237 e. The molecule has 1 heterocycles. The number of benzene rings is 1. The van der Waals surface area contributed by atoms with Crippen molar-refractivity contribution in [1.82, 2.24) is 10.6 Å². The first-order valence-corrected chi connectivity index (χ1v) is 7.04. The molecule has 0 bridgehead atoms. The predicted octanol–water partition coefficient (Wildman–Crippen LogP) is 0.603. The van der Waals surface area contributed by atoms with Gasteiger partial charge in [0.1, 0.15) is 5.75 Å². The molecule has 1 fully saturated rings. The molecule has 0 saturated carbocycles. The third-order valence-electron chi connectivity index (χ3n) is 3.40. The van der Waals surface area contributed by atoms with E-state index in [2.05, 4.69) is 10.6 Å². The van der Waals surface area contributed by atoms with E-state index >= 15 is 0 Å². The number of β-amino-alcohol motifs (C(OH)–C–C–N with tert-alkyl or cyclic N) is 1. The van der Waals surface area contributed by atoms with Gasteiger partial charge in [-0.15, -0.1) is 0 Å². The number of rotatable bonds is 6. The van der Waals surface area contributed by atoms with Gasteiger partial charge in [0.15, 0.2) is 0 Å². The maximum Gasteiger partial charge on any atom is 0.237 e. The first-order chi connectivity index (χ1) is 9.66. The van der Waals surface area contributed by atoms with Gasteiger partial charge in [0.2, 0.25) is 5.91 Å². The van der Waals surface area contributed by atoms with Gasteiger partial charge < -0.3 is 20.5 Å². The minimum atomic E-state index is -0.407. The van der Waals surface area contributed by atoms with Crippen molar-refractivity contribution in [2.45, 2.75) is 31.9 Å². The lowest BCUT2D eigenvalue weighted by molar-refractivity contribution is -0.122. The molecule has 0 aromatic heterocycles. The molecule has 20 heavy (non-hydrogen) atoms. The summed E-state index contributed by atoms with van der Waals surface area (Å²) in [6.07, 6.45) is 0.844. The number of aliphatic hydroxyl groups excluding tert-OH is 1. The first-order valence-electron chi connectivity index (χ1n) is 7.04. The van der Waals surface area contributed by atoms with Gasteiger partial charge in [-0.1, -0.05) is 18.2 Å². The van der Waals surface area contributed by atoms with Gasteiger partial charge >= 0.3 is 0 Å². The highest BCUT2D eigenvalue weighted by atomic mass is 16.5. The van der Waals surface area contributed by atoms with Crippen LogP contribution in [-0.4, -0.2) is 42.9 Å². The minimum absolute atomic E-state index is 0.0440. The number of amides is 1. The lowest BCUT2D eigenvalue weighted by Gasteiger charge is -2.12. The van der Waals surface area contributed by atoms with E-state index in [0.717, 1.165) is 17.7 Å². The molecule has 1 aromatic rings. The van der Waals surface area contributed by atoms with E-state index in [1.165, 1.54) is 0 Å². The summed E-state index contributed by atoms with van der Waals surface area (Å²) in [5.74, 6) is 0.844. The number of hydrogen-bond acceptors (Lipinski definition) is 4. The normalized spacial score (nSPS) is 21.7. The molecule has 1 aliphatic rings. The highest BCUT2D eigenvalue weighted by Gasteiger charge is 2.27. The molecule has 2 unspecified atom stereocenters. The van der Waals surface area contributed by atoms with Gasteiger partial charge in [-0.3, -0.25) is 4.79 Å². The Bertz CT molecular complexity index is 450. The van der Waals surface area contributed by atoms with Crippen LogP contribution in [0.2, 0.25) is 0 Å². The summed E-state index contributed by atoms with van der Waals surface area (Å²) in [6.45, 7) is 3.66. The SMILES string of the molecule is Cc1ccccc1OCCCNC(=O)C1CC(O)CN1. The molecule has 5 heteroatoms. The lowest BCUT2D eigenvalue weighted by atomic mass is 10.2. The first kappa shape index (κ1) is 14.8. The van der Waals surface area contributed by atoms with E-state index < -0.39 is 6.10 Å². The summed E-state index contributed by atoms with van der Waals surface area (Å²) in [7, 11) is 0. The number of carbonyl (C=O) groups excluding carboxylic acids is 1. The fourth-order valence-corrected chi connectivity index (χ4v) is 2.22. The zero-order valence-electron chi connectivity index (χ0n) is 11.8. The largest absolute Gasteiger partial charge is 0.493 e. The molecule has 5 nitrogen and oxygen atoms in total. The van der Waals surface area contributed by atoms with Crippen LogP contribution in [0.25, 0.3) is 0 Å². The Morgan fingerprint density at radius 3 is 3.00 bits per heavy atom. The average molecular weight is 278 g/mol. The number of para-hydroxylation sites is 1. The van der Waals surface area contributed by atoms with Crippen LogP contribution in [-0.2, 0) is 4.79 Å². The molecular formula is C15H22N2O3.